The summed E-state index contributed by atoms with van der Waals surface area (Å²) in [5.41, 5.74) is -0.130. The lowest BCUT2D eigenvalue weighted by molar-refractivity contribution is -0.385. The maximum atomic E-state index is 13.0. The van der Waals surface area contributed by atoms with E-state index in [2.05, 4.69) is 0 Å². The van der Waals surface area contributed by atoms with Gasteiger partial charge in [-0.25, -0.2) is 0 Å². The highest BCUT2D eigenvalue weighted by atomic mass is 16.6. The molecular formula is C23H18N2O7. The summed E-state index contributed by atoms with van der Waals surface area (Å²) < 4.78 is 10.4. The number of nitro groups is 1. The van der Waals surface area contributed by atoms with Crippen molar-refractivity contribution in [1.29, 1.82) is 0 Å². The molecule has 0 spiro atoms. The number of furan rings is 1. The van der Waals surface area contributed by atoms with Gasteiger partial charge in [-0.1, -0.05) is 12.1 Å². The fourth-order valence-electron chi connectivity index (χ4n) is 3.73. The topological polar surface area (TPSA) is 123 Å². The van der Waals surface area contributed by atoms with E-state index in [1.807, 2.05) is 0 Å². The summed E-state index contributed by atoms with van der Waals surface area (Å²) in [6.45, 7) is -0.103. The molecule has 1 aromatic heterocycles. The molecule has 4 rings (SSSR count). The van der Waals surface area contributed by atoms with Crippen LogP contribution in [-0.2, 0) is 16.1 Å². The Bertz CT molecular complexity index is 1210. The predicted octanol–water partition coefficient (Wildman–Crippen LogP) is 3.82. The highest BCUT2D eigenvalue weighted by Crippen LogP contribution is 2.43. The van der Waals surface area contributed by atoms with E-state index in [1.165, 1.54) is 48.6 Å². The molecule has 9 heteroatoms. The van der Waals surface area contributed by atoms with Crippen molar-refractivity contribution in [1.82, 2.24) is 4.90 Å². The molecule has 1 amide bonds. The third kappa shape index (κ3) is 3.60. The van der Waals surface area contributed by atoms with Gasteiger partial charge in [-0.05, 0) is 42.5 Å². The Morgan fingerprint density at radius 3 is 2.47 bits per heavy atom. The Hall–Kier alpha value is -4.40. The van der Waals surface area contributed by atoms with Crippen LogP contribution in [-0.4, -0.2) is 33.7 Å². The van der Waals surface area contributed by atoms with Gasteiger partial charge in [0.25, 0.3) is 17.4 Å². The number of methoxy groups -OCH3 is 1. The van der Waals surface area contributed by atoms with Crippen LogP contribution in [0.1, 0.15) is 22.9 Å². The normalized spacial score (nSPS) is 17.5. The van der Waals surface area contributed by atoms with Crippen LogP contribution in [0, 0.1) is 10.1 Å². The molecule has 1 unspecified atom stereocenters. The first-order valence-corrected chi connectivity index (χ1v) is 9.61. The van der Waals surface area contributed by atoms with Crippen molar-refractivity contribution in [3.05, 3.63) is 99.5 Å². The quantitative estimate of drug-likeness (QED) is 0.206. The SMILES string of the molecule is COc1ccc(/C(O)=C2\C(=O)C(=O)N(Cc3ccco3)C2c2ccccc2[N+](=O)[O-])cc1. The maximum Gasteiger partial charge on any atom is 0.296 e. The number of Topliss-reactive ketones (excluding diaryl/α,β-unsaturated/α-hetero) is 1. The maximum absolute atomic E-state index is 13.0. The predicted molar refractivity (Wildman–Crippen MR) is 113 cm³/mol. The lowest BCUT2D eigenvalue weighted by Gasteiger charge is -2.24. The summed E-state index contributed by atoms with van der Waals surface area (Å²) in [6.07, 6.45) is 1.42. The fraction of sp³-hybridized carbons (Fsp3) is 0.130. The first-order chi connectivity index (χ1) is 15.4. The molecule has 0 saturated carbocycles. The van der Waals surface area contributed by atoms with Crippen LogP contribution in [0.5, 0.6) is 5.75 Å². The second kappa shape index (κ2) is 8.38. The smallest absolute Gasteiger partial charge is 0.296 e. The summed E-state index contributed by atoms with van der Waals surface area (Å²) >= 11 is 0. The van der Waals surface area contributed by atoms with E-state index >= 15 is 0 Å². The van der Waals surface area contributed by atoms with Crippen LogP contribution in [0.4, 0.5) is 5.69 Å². The minimum Gasteiger partial charge on any atom is -0.507 e. The van der Waals surface area contributed by atoms with Gasteiger partial charge >= 0.3 is 0 Å². The number of aliphatic hydroxyl groups excluding tert-OH is 1. The molecule has 0 bridgehead atoms. The lowest BCUT2D eigenvalue weighted by Crippen LogP contribution is -2.29. The summed E-state index contributed by atoms with van der Waals surface area (Å²) in [5.74, 6) is -1.33. The molecule has 1 fully saturated rings. The average Bonchev–Trinajstić information content (AvgIpc) is 3.41. The molecule has 32 heavy (non-hydrogen) atoms. The average molecular weight is 434 g/mol. The number of amides is 1. The number of ether oxygens (including phenoxy) is 1. The number of likely N-dealkylation sites (tertiary alicyclic amines) is 1. The standard InChI is InChI=1S/C23H18N2O7/c1-31-15-10-8-14(9-11-15)21(26)19-20(17-6-2-3-7-18(17)25(29)30)24(23(28)22(19)27)13-16-5-4-12-32-16/h2-12,20,26H,13H2,1H3/b21-19+. The molecule has 1 N–H and O–H groups in total. The zero-order valence-electron chi connectivity index (χ0n) is 16.9. The van der Waals surface area contributed by atoms with E-state index in [4.69, 9.17) is 9.15 Å². The van der Waals surface area contributed by atoms with E-state index < -0.39 is 28.4 Å². The van der Waals surface area contributed by atoms with Crippen LogP contribution in [0.15, 0.2) is 76.9 Å². The van der Waals surface area contributed by atoms with Crippen molar-refractivity contribution in [3.8, 4) is 5.75 Å². The van der Waals surface area contributed by atoms with Gasteiger partial charge in [0.05, 0.1) is 42.0 Å². The molecule has 2 aromatic carbocycles. The molecule has 1 aliphatic rings. The molecule has 1 atom stereocenters. The van der Waals surface area contributed by atoms with Crippen molar-refractivity contribution in [3.63, 3.8) is 0 Å². The number of carbonyl (C=O) groups is 2. The summed E-state index contributed by atoms with van der Waals surface area (Å²) in [6, 6.07) is 14.1. The van der Waals surface area contributed by atoms with Gasteiger partial charge in [0.15, 0.2) is 0 Å². The van der Waals surface area contributed by atoms with E-state index in [1.54, 1.807) is 30.3 Å². The van der Waals surface area contributed by atoms with Crippen LogP contribution < -0.4 is 4.74 Å². The van der Waals surface area contributed by atoms with Crippen molar-refractivity contribution in [2.75, 3.05) is 7.11 Å². The highest BCUT2D eigenvalue weighted by Gasteiger charge is 2.48. The van der Waals surface area contributed by atoms with E-state index in [9.17, 15) is 24.8 Å². The zero-order valence-corrected chi connectivity index (χ0v) is 16.9. The molecule has 9 nitrogen and oxygen atoms in total. The number of nitro benzene ring substituents is 1. The Morgan fingerprint density at radius 2 is 1.84 bits per heavy atom. The molecule has 0 radical (unpaired) electrons. The third-order valence-electron chi connectivity index (χ3n) is 5.24. The van der Waals surface area contributed by atoms with Crippen LogP contribution in [0.3, 0.4) is 0 Å². The summed E-state index contributed by atoms with van der Waals surface area (Å²) in [7, 11) is 1.49. The van der Waals surface area contributed by atoms with Gasteiger partial charge in [-0.3, -0.25) is 19.7 Å². The van der Waals surface area contributed by atoms with Gasteiger partial charge in [-0.15, -0.1) is 0 Å². The Morgan fingerprint density at radius 1 is 1.12 bits per heavy atom. The minimum atomic E-state index is -1.18. The van der Waals surface area contributed by atoms with Crippen molar-refractivity contribution in [2.24, 2.45) is 0 Å². The zero-order chi connectivity index (χ0) is 22.8. The first-order valence-electron chi connectivity index (χ1n) is 9.61. The molecule has 1 aliphatic heterocycles. The number of hydrogen-bond donors (Lipinski definition) is 1. The highest BCUT2D eigenvalue weighted by molar-refractivity contribution is 6.46. The number of nitrogens with zero attached hydrogens (tertiary/aromatic N) is 2. The van der Waals surface area contributed by atoms with Crippen molar-refractivity contribution >= 4 is 23.1 Å². The second-order valence-corrected chi connectivity index (χ2v) is 7.05. The minimum absolute atomic E-state index is 0.103. The number of para-hydroxylation sites is 1. The van der Waals surface area contributed by atoms with Crippen molar-refractivity contribution in [2.45, 2.75) is 12.6 Å². The summed E-state index contributed by atoms with van der Waals surface area (Å²) in [5, 5.41) is 22.7. The Labute approximate surface area is 182 Å². The number of carbonyl (C=O) groups excluding carboxylic acids is 2. The first kappa shape index (κ1) is 20.9. The number of rotatable bonds is 6. The van der Waals surface area contributed by atoms with Crippen LogP contribution in [0.25, 0.3) is 5.76 Å². The van der Waals surface area contributed by atoms with Gasteiger partial charge in [0.2, 0.25) is 0 Å². The van der Waals surface area contributed by atoms with E-state index in [0.29, 0.717) is 11.5 Å². The van der Waals surface area contributed by atoms with Crippen molar-refractivity contribution < 1.29 is 28.8 Å². The number of benzene rings is 2. The Balaban J connectivity index is 1.91. The van der Waals surface area contributed by atoms with Gasteiger partial charge in [0, 0.05) is 11.6 Å². The molecular weight excluding hydrogens is 416 g/mol. The molecule has 162 valence electrons. The number of hydrogen-bond acceptors (Lipinski definition) is 7. The second-order valence-electron chi connectivity index (χ2n) is 7.05. The Kier molecular flexibility index (Phi) is 5.46. The molecule has 0 aliphatic carbocycles. The van der Waals surface area contributed by atoms with Gasteiger partial charge in [-0.2, -0.15) is 0 Å². The van der Waals surface area contributed by atoms with Crippen LogP contribution >= 0.6 is 0 Å². The van der Waals surface area contributed by atoms with Crippen LogP contribution in [0.2, 0.25) is 0 Å². The third-order valence-corrected chi connectivity index (χ3v) is 5.24. The number of aliphatic hydroxyl groups is 1. The summed E-state index contributed by atoms with van der Waals surface area (Å²) in [4.78, 5) is 38.2. The van der Waals surface area contributed by atoms with Gasteiger partial charge in [0.1, 0.15) is 17.3 Å². The van der Waals surface area contributed by atoms with E-state index in [0.717, 1.165) is 0 Å². The van der Waals surface area contributed by atoms with Gasteiger partial charge < -0.3 is 19.2 Å². The largest absolute Gasteiger partial charge is 0.507 e. The number of ketones is 1. The van der Waals surface area contributed by atoms with E-state index in [-0.39, 0.29) is 28.9 Å². The molecule has 1 saturated heterocycles. The molecule has 2 heterocycles. The fourth-order valence-corrected chi connectivity index (χ4v) is 3.73. The molecule has 3 aromatic rings. The monoisotopic (exact) mass is 434 g/mol. The lowest BCUT2D eigenvalue weighted by atomic mass is 9.94.